The van der Waals surface area contributed by atoms with Gasteiger partial charge < -0.3 is 15.0 Å². The van der Waals surface area contributed by atoms with Gasteiger partial charge in [-0.1, -0.05) is 32.9 Å². The topological polar surface area (TPSA) is 24.5 Å². The molecule has 1 heterocycles. The van der Waals surface area contributed by atoms with Crippen molar-refractivity contribution in [3.05, 3.63) is 29.8 Å². The number of rotatable bonds is 7. The standard InChI is InChI=1S/C18H30N2O/c1-5-16-6-8-17(9-7-16)20(4)13-18(10-11-21-14-18)12-19-15(2)3/h6-9,15,19H,5,10-14H2,1-4H3. The predicted octanol–water partition coefficient (Wildman–Crippen LogP) is 3.09. The molecule has 118 valence electrons. The Hall–Kier alpha value is -1.06. The predicted molar refractivity (Wildman–Crippen MR) is 90.1 cm³/mol. The highest BCUT2D eigenvalue weighted by atomic mass is 16.5. The highest BCUT2D eigenvalue weighted by Gasteiger charge is 2.36. The van der Waals surface area contributed by atoms with Crippen molar-refractivity contribution in [1.29, 1.82) is 0 Å². The van der Waals surface area contributed by atoms with E-state index >= 15 is 0 Å². The van der Waals surface area contributed by atoms with Gasteiger partial charge in [0.25, 0.3) is 0 Å². The smallest absolute Gasteiger partial charge is 0.0552 e. The van der Waals surface area contributed by atoms with Crippen LogP contribution in [0.25, 0.3) is 0 Å². The summed E-state index contributed by atoms with van der Waals surface area (Å²) in [6.45, 7) is 10.4. The summed E-state index contributed by atoms with van der Waals surface area (Å²) in [5.74, 6) is 0. The van der Waals surface area contributed by atoms with Crippen LogP contribution in [-0.4, -0.2) is 39.4 Å². The van der Waals surface area contributed by atoms with E-state index < -0.39 is 0 Å². The fourth-order valence-electron chi connectivity index (χ4n) is 2.97. The number of ether oxygens (including phenoxy) is 1. The van der Waals surface area contributed by atoms with Crippen molar-refractivity contribution in [3.8, 4) is 0 Å². The monoisotopic (exact) mass is 290 g/mol. The van der Waals surface area contributed by atoms with Gasteiger partial charge in [-0.25, -0.2) is 0 Å². The van der Waals surface area contributed by atoms with Crippen molar-refractivity contribution in [3.63, 3.8) is 0 Å². The van der Waals surface area contributed by atoms with Crippen molar-refractivity contribution >= 4 is 5.69 Å². The molecule has 0 saturated carbocycles. The number of anilines is 1. The van der Waals surface area contributed by atoms with Crippen LogP contribution in [0.2, 0.25) is 0 Å². The molecule has 1 aromatic carbocycles. The molecule has 0 aliphatic carbocycles. The van der Waals surface area contributed by atoms with Gasteiger partial charge in [0, 0.05) is 43.9 Å². The lowest BCUT2D eigenvalue weighted by Crippen LogP contribution is -2.45. The molecule has 1 aliphatic heterocycles. The molecule has 21 heavy (non-hydrogen) atoms. The maximum absolute atomic E-state index is 5.70. The maximum atomic E-state index is 5.70. The van der Waals surface area contributed by atoms with Crippen LogP contribution in [0.15, 0.2) is 24.3 Å². The first-order valence-corrected chi connectivity index (χ1v) is 8.16. The number of hydrogen-bond donors (Lipinski definition) is 1. The van der Waals surface area contributed by atoms with E-state index in [9.17, 15) is 0 Å². The van der Waals surface area contributed by atoms with Gasteiger partial charge in [-0.2, -0.15) is 0 Å². The Balaban J connectivity index is 2.01. The molecular weight excluding hydrogens is 260 g/mol. The van der Waals surface area contributed by atoms with Gasteiger partial charge in [-0.15, -0.1) is 0 Å². The molecule has 0 radical (unpaired) electrons. The van der Waals surface area contributed by atoms with E-state index in [2.05, 4.69) is 62.3 Å². The van der Waals surface area contributed by atoms with Gasteiger partial charge in [0.05, 0.1) is 6.61 Å². The number of benzene rings is 1. The number of nitrogens with zero attached hydrogens (tertiary/aromatic N) is 1. The zero-order chi connectivity index (χ0) is 15.3. The van der Waals surface area contributed by atoms with E-state index in [4.69, 9.17) is 4.74 Å². The molecule has 1 unspecified atom stereocenters. The van der Waals surface area contributed by atoms with Crippen LogP contribution in [0.1, 0.15) is 32.8 Å². The lowest BCUT2D eigenvalue weighted by atomic mass is 9.86. The Bertz CT molecular complexity index is 421. The summed E-state index contributed by atoms with van der Waals surface area (Å²) in [5, 5.41) is 3.60. The molecule has 0 amide bonds. The minimum absolute atomic E-state index is 0.239. The molecule has 1 saturated heterocycles. The molecule has 1 aromatic rings. The fraction of sp³-hybridized carbons (Fsp3) is 0.667. The van der Waals surface area contributed by atoms with Gasteiger partial charge in [-0.3, -0.25) is 0 Å². The maximum Gasteiger partial charge on any atom is 0.0552 e. The average molecular weight is 290 g/mol. The molecule has 0 aromatic heterocycles. The first kappa shape index (κ1) is 16.3. The summed E-state index contributed by atoms with van der Waals surface area (Å²) in [5.41, 5.74) is 2.93. The molecule has 2 rings (SSSR count). The molecule has 1 N–H and O–H groups in total. The largest absolute Gasteiger partial charge is 0.381 e. The van der Waals surface area contributed by atoms with Crippen LogP contribution < -0.4 is 10.2 Å². The lowest BCUT2D eigenvalue weighted by molar-refractivity contribution is 0.151. The Morgan fingerprint density at radius 3 is 2.52 bits per heavy atom. The van der Waals surface area contributed by atoms with E-state index in [-0.39, 0.29) is 5.41 Å². The number of nitrogens with one attached hydrogen (secondary N) is 1. The summed E-state index contributed by atoms with van der Waals surface area (Å²) in [7, 11) is 2.19. The van der Waals surface area contributed by atoms with Gasteiger partial charge >= 0.3 is 0 Å². The van der Waals surface area contributed by atoms with Crippen molar-refractivity contribution in [2.24, 2.45) is 5.41 Å². The van der Waals surface area contributed by atoms with Crippen LogP contribution in [0, 0.1) is 5.41 Å². The normalized spacial score (nSPS) is 22.0. The second kappa shape index (κ2) is 7.28. The Kier molecular flexibility index (Phi) is 5.65. The summed E-state index contributed by atoms with van der Waals surface area (Å²) in [4.78, 5) is 2.37. The summed E-state index contributed by atoms with van der Waals surface area (Å²) >= 11 is 0. The third-order valence-corrected chi connectivity index (χ3v) is 4.43. The van der Waals surface area contributed by atoms with Crippen molar-refractivity contribution in [2.75, 3.05) is 38.3 Å². The molecular formula is C18H30N2O. The van der Waals surface area contributed by atoms with Crippen molar-refractivity contribution < 1.29 is 4.74 Å². The Labute approximate surface area is 129 Å². The summed E-state index contributed by atoms with van der Waals surface area (Å²) < 4.78 is 5.70. The zero-order valence-electron chi connectivity index (χ0n) is 14.0. The van der Waals surface area contributed by atoms with Crippen LogP contribution in [0.3, 0.4) is 0 Å². The Morgan fingerprint density at radius 1 is 1.29 bits per heavy atom. The van der Waals surface area contributed by atoms with Crippen molar-refractivity contribution in [1.82, 2.24) is 5.32 Å². The molecule has 1 fully saturated rings. The molecule has 0 bridgehead atoms. The zero-order valence-corrected chi connectivity index (χ0v) is 14.0. The third-order valence-electron chi connectivity index (χ3n) is 4.43. The van der Waals surface area contributed by atoms with E-state index in [1.165, 1.54) is 11.3 Å². The van der Waals surface area contributed by atoms with Gasteiger partial charge in [-0.05, 0) is 30.5 Å². The van der Waals surface area contributed by atoms with E-state index in [0.717, 1.165) is 39.1 Å². The number of hydrogen-bond acceptors (Lipinski definition) is 3. The Morgan fingerprint density at radius 2 is 2.00 bits per heavy atom. The molecule has 3 nitrogen and oxygen atoms in total. The summed E-state index contributed by atoms with van der Waals surface area (Å²) in [6, 6.07) is 9.46. The van der Waals surface area contributed by atoms with Crippen LogP contribution in [0.4, 0.5) is 5.69 Å². The highest BCUT2D eigenvalue weighted by Crippen LogP contribution is 2.30. The first-order valence-electron chi connectivity index (χ1n) is 8.16. The van der Waals surface area contributed by atoms with Crippen LogP contribution >= 0.6 is 0 Å². The number of aryl methyl sites for hydroxylation is 1. The van der Waals surface area contributed by atoms with Gasteiger partial charge in [0.15, 0.2) is 0 Å². The molecule has 3 heteroatoms. The van der Waals surface area contributed by atoms with Crippen LogP contribution in [-0.2, 0) is 11.2 Å². The lowest BCUT2D eigenvalue weighted by Gasteiger charge is -2.34. The van der Waals surface area contributed by atoms with Gasteiger partial charge in [0.2, 0.25) is 0 Å². The SMILES string of the molecule is CCc1ccc(N(C)CC2(CNC(C)C)CCOC2)cc1. The van der Waals surface area contributed by atoms with Crippen LogP contribution in [0.5, 0.6) is 0 Å². The summed E-state index contributed by atoms with van der Waals surface area (Å²) in [6.07, 6.45) is 2.24. The van der Waals surface area contributed by atoms with E-state index in [0.29, 0.717) is 6.04 Å². The van der Waals surface area contributed by atoms with E-state index in [1.807, 2.05) is 0 Å². The van der Waals surface area contributed by atoms with Gasteiger partial charge in [0.1, 0.15) is 0 Å². The van der Waals surface area contributed by atoms with E-state index in [1.54, 1.807) is 0 Å². The molecule has 1 atom stereocenters. The quantitative estimate of drug-likeness (QED) is 0.835. The molecule has 1 aliphatic rings. The van der Waals surface area contributed by atoms with Crippen molar-refractivity contribution in [2.45, 2.75) is 39.7 Å². The fourth-order valence-corrected chi connectivity index (χ4v) is 2.97. The molecule has 0 spiro atoms. The first-order chi connectivity index (χ1) is 10.0. The average Bonchev–Trinajstić information content (AvgIpc) is 2.94. The second-order valence-corrected chi connectivity index (χ2v) is 6.71. The highest BCUT2D eigenvalue weighted by molar-refractivity contribution is 5.47. The second-order valence-electron chi connectivity index (χ2n) is 6.71. The minimum Gasteiger partial charge on any atom is -0.381 e. The third kappa shape index (κ3) is 4.45. The minimum atomic E-state index is 0.239.